The van der Waals surface area contributed by atoms with Gasteiger partial charge in [0.1, 0.15) is 12.6 Å². The van der Waals surface area contributed by atoms with Crippen LogP contribution in [0, 0.1) is 0 Å². The molecule has 0 aromatic rings. The van der Waals surface area contributed by atoms with Crippen molar-refractivity contribution in [3.05, 3.63) is 60.8 Å². The van der Waals surface area contributed by atoms with Crippen LogP contribution < -0.4 is 5.73 Å². The standard InChI is InChI=1S/C43H74NO10P/c1-3-5-7-9-11-13-15-17-18-19-20-21-23-24-26-28-30-32-34-41(45)51-36-39(37-52-55(49,50)53-38-40(44)43(47)48)54-42(46)35-33-31-29-27-25-22-16-14-12-10-8-6-4-2/h15,17-22,25,29,31,39-40H,3-14,16,23-24,26-28,30,32-38,44H2,1-2H3,(H,47,48)(H,49,50)/b17-15+,19-18+,21-20+,25-22+,31-29+/t39?,40-/m1/s1. The third kappa shape index (κ3) is 37.9. The Bertz CT molecular complexity index is 1170. The van der Waals surface area contributed by atoms with E-state index < -0.39 is 51.1 Å². The van der Waals surface area contributed by atoms with Gasteiger partial charge in [-0.2, -0.15) is 0 Å². The minimum atomic E-state index is -4.73. The first-order valence-corrected chi connectivity index (χ1v) is 22.3. The number of carbonyl (C=O) groups is 3. The summed E-state index contributed by atoms with van der Waals surface area (Å²) in [5, 5.41) is 8.87. The second-order valence-corrected chi connectivity index (χ2v) is 15.3. The highest BCUT2D eigenvalue weighted by atomic mass is 31.2. The summed E-state index contributed by atoms with van der Waals surface area (Å²) < 4.78 is 32.5. The van der Waals surface area contributed by atoms with Gasteiger partial charge in [-0.15, -0.1) is 0 Å². The molecule has 0 aromatic carbocycles. The first-order valence-electron chi connectivity index (χ1n) is 20.8. The van der Waals surface area contributed by atoms with Crippen LogP contribution in [0.15, 0.2) is 60.8 Å². The maximum atomic E-state index is 12.5. The van der Waals surface area contributed by atoms with Crippen LogP contribution >= 0.6 is 7.82 Å². The Balaban J connectivity index is 4.50. The van der Waals surface area contributed by atoms with Gasteiger partial charge in [-0.25, -0.2) is 4.57 Å². The van der Waals surface area contributed by atoms with Crippen molar-refractivity contribution in [2.45, 2.75) is 174 Å². The molecule has 0 heterocycles. The second-order valence-electron chi connectivity index (χ2n) is 13.8. The minimum absolute atomic E-state index is 0.0479. The maximum absolute atomic E-state index is 12.5. The van der Waals surface area contributed by atoms with Gasteiger partial charge in [-0.05, 0) is 57.8 Å². The average Bonchev–Trinajstić information content (AvgIpc) is 3.16. The van der Waals surface area contributed by atoms with Gasteiger partial charge in [0.15, 0.2) is 6.10 Å². The Morgan fingerprint density at radius 1 is 0.582 bits per heavy atom. The molecule has 0 aliphatic rings. The van der Waals surface area contributed by atoms with E-state index in [1.807, 2.05) is 12.2 Å². The Hall–Kier alpha value is -2.82. The quantitative estimate of drug-likeness (QED) is 0.0178. The van der Waals surface area contributed by atoms with Crippen molar-refractivity contribution in [1.82, 2.24) is 0 Å². The Labute approximate surface area is 332 Å². The number of carbonyl (C=O) groups excluding carboxylic acids is 2. The fourth-order valence-electron chi connectivity index (χ4n) is 5.24. The number of esters is 2. The van der Waals surface area contributed by atoms with E-state index in [0.29, 0.717) is 12.8 Å². The SMILES string of the molecule is CCCCCCC/C=C/C=C/C=C/CCCCCCCC(=O)OCC(COP(=O)(O)OC[C@@H](N)C(=O)O)OC(=O)CC/C=C/C/C=C/CCCCCCCC. The average molecular weight is 796 g/mol. The van der Waals surface area contributed by atoms with E-state index in [0.717, 1.165) is 51.4 Å². The summed E-state index contributed by atoms with van der Waals surface area (Å²) in [6.07, 6.45) is 43.0. The van der Waals surface area contributed by atoms with Crippen molar-refractivity contribution < 1.29 is 47.5 Å². The van der Waals surface area contributed by atoms with Gasteiger partial charge >= 0.3 is 25.7 Å². The highest BCUT2D eigenvalue weighted by molar-refractivity contribution is 7.47. The predicted molar refractivity (Wildman–Crippen MR) is 221 cm³/mol. The summed E-state index contributed by atoms with van der Waals surface area (Å²) in [7, 11) is -4.73. The lowest BCUT2D eigenvalue weighted by molar-refractivity contribution is -0.161. The largest absolute Gasteiger partial charge is 0.480 e. The van der Waals surface area contributed by atoms with Gasteiger partial charge in [-0.3, -0.25) is 23.4 Å². The molecule has 316 valence electrons. The summed E-state index contributed by atoms with van der Waals surface area (Å²) in [5.41, 5.74) is 5.32. The fraction of sp³-hybridized carbons (Fsp3) is 0.698. The Kier molecular flexibility index (Phi) is 36.1. The van der Waals surface area contributed by atoms with E-state index in [-0.39, 0.29) is 19.4 Å². The number of allylic oxidation sites excluding steroid dienone is 10. The number of hydrogen-bond acceptors (Lipinski definition) is 9. The van der Waals surface area contributed by atoms with E-state index >= 15 is 0 Å². The third-order valence-electron chi connectivity index (χ3n) is 8.56. The molecular weight excluding hydrogens is 721 g/mol. The summed E-state index contributed by atoms with van der Waals surface area (Å²) in [6, 6.07) is -1.53. The van der Waals surface area contributed by atoms with Gasteiger partial charge < -0.3 is 25.2 Å². The molecule has 0 aliphatic carbocycles. The van der Waals surface area contributed by atoms with Crippen molar-refractivity contribution in [1.29, 1.82) is 0 Å². The van der Waals surface area contributed by atoms with Crippen LogP contribution in [-0.4, -0.2) is 59.9 Å². The molecule has 0 rings (SSSR count). The van der Waals surface area contributed by atoms with Gasteiger partial charge in [0.25, 0.3) is 0 Å². The molecular formula is C43H74NO10P. The van der Waals surface area contributed by atoms with Gasteiger partial charge in [0.05, 0.1) is 13.2 Å². The molecule has 11 nitrogen and oxygen atoms in total. The molecule has 0 radical (unpaired) electrons. The molecule has 0 aliphatic heterocycles. The van der Waals surface area contributed by atoms with Crippen LogP contribution in [0.5, 0.6) is 0 Å². The molecule has 2 unspecified atom stereocenters. The third-order valence-corrected chi connectivity index (χ3v) is 9.51. The molecule has 3 atom stereocenters. The van der Waals surface area contributed by atoms with E-state index in [4.69, 9.17) is 24.8 Å². The Morgan fingerprint density at radius 2 is 1.07 bits per heavy atom. The normalized spacial score (nSPS) is 14.4. The zero-order valence-electron chi connectivity index (χ0n) is 34.0. The van der Waals surface area contributed by atoms with E-state index in [1.165, 1.54) is 70.6 Å². The van der Waals surface area contributed by atoms with Crippen LogP contribution in [0.25, 0.3) is 0 Å². The highest BCUT2D eigenvalue weighted by Crippen LogP contribution is 2.43. The summed E-state index contributed by atoms with van der Waals surface area (Å²) in [6.45, 7) is 2.68. The van der Waals surface area contributed by atoms with E-state index in [2.05, 4.69) is 67.0 Å². The maximum Gasteiger partial charge on any atom is 0.472 e. The number of phosphoric acid groups is 1. The number of rotatable bonds is 38. The number of phosphoric ester groups is 1. The fourth-order valence-corrected chi connectivity index (χ4v) is 6.01. The van der Waals surface area contributed by atoms with Crippen LogP contribution in [0.3, 0.4) is 0 Å². The number of carboxylic acid groups (broad SMARTS) is 1. The van der Waals surface area contributed by atoms with Crippen LogP contribution in [-0.2, 0) is 37.5 Å². The molecule has 4 N–H and O–H groups in total. The predicted octanol–water partition coefficient (Wildman–Crippen LogP) is 10.8. The monoisotopic (exact) mass is 796 g/mol. The molecule has 0 bridgehead atoms. The number of aliphatic carboxylic acids is 1. The van der Waals surface area contributed by atoms with Crippen LogP contribution in [0.1, 0.15) is 162 Å². The topological polar surface area (TPSA) is 172 Å². The van der Waals surface area contributed by atoms with Crippen molar-refractivity contribution in [3.8, 4) is 0 Å². The summed E-state index contributed by atoms with van der Waals surface area (Å²) >= 11 is 0. The lowest BCUT2D eigenvalue weighted by Crippen LogP contribution is -2.34. The minimum Gasteiger partial charge on any atom is -0.480 e. The van der Waals surface area contributed by atoms with Crippen molar-refractivity contribution >= 4 is 25.7 Å². The van der Waals surface area contributed by atoms with Crippen molar-refractivity contribution in [2.24, 2.45) is 5.73 Å². The lowest BCUT2D eigenvalue weighted by atomic mass is 10.1. The molecule has 0 spiro atoms. The highest BCUT2D eigenvalue weighted by Gasteiger charge is 2.28. The molecule has 55 heavy (non-hydrogen) atoms. The number of unbranched alkanes of at least 4 members (excludes halogenated alkanes) is 16. The summed E-state index contributed by atoms with van der Waals surface area (Å²) in [5.74, 6) is -2.50. The summed E-state index contributed by atoms with van der Waals surface area (Å²) in [4.78, 5) is 45.8. The van der Waals surface area contributed by atoms with Crippen LogP contribution in [0.4, 0.5) is 0 Å². The second kappa shape index (κ2) is 38.1. The van der Waals surface area contributed by atoms with E-state index in [9.17, 15) is 23.8 Å². The Morgan fingerprint density at radius 3 is 1.64 bits per heavy atom. The van der Waals surface area contributed by atoms with Gasteiger partial charge in [0, 0.05) is 12.8 Å². The van der Waals surface area contributed by atoms with Crippen molar-refractivity contribution in [3.63, 3.8) is 0 Å². The molecule has 0 aromatic heterocycles. The van der Waals surface area contributed by atoms with E-state index in [1.54, 1.807) is 0 Å². The number of hydrogen-bond donors (Lipinski definition) is 3. The first-order chi connectivity index (χ1) is 26.6. The first kappa shape index (κ1) is 52.2. The molecule has 0 amide bonds. The number of carboxylic acids is 1. The lowest BCUT2D eigenvalue weighted by Gasteiger charge is -2.20. The molecule has 0 saturated carbocycles. The number of ether oxygens (including phenoxy) is 2. The smallest absolute Gasteiger partial charge is 0.472 e. The molecule has 0 saturated heterocycles. The molecule has 0 fully saturated rings. The van der Waals surface area contributed by atoms with Gasteiger partial charge in [-0.1, -0.05) is 152 Å². The number of nitrogens with two attached hydrogens (primary N) is 1. The molecule has 12 heteroatoms. The van der Waals surface area contributed by atoms with Crippen LogP contribution in [0.2, 0.25) is 0 Å². The van der Waals surface area contributed by atoms with Gasteiger partial charge in [0.2, 0.25) is 0 Å². The zero-order valence-corrected chi connectivity index (χ0v) is 34.9. The van der Waals surface area contributed by atoms with Crippen molar-refractivity contribution in [2.75, 3.05) is 19.8 Å². The zero-order chi connectivity index (χ0) is 40.7.